The summed E-state index contributed by atoms with van der Waals surface area (Å²) in [5, 5.41) is 0. The van der Waals surface area contributed by atoms with E-state index >= 15 is 0 Å². The fourth-order valence-corrected chi connectivity index (χ4v) is 3.45. The van der Waals surface area contributed by atoms with Gasteiger partial charge in [-0.15, -0.1) is 0 Å². The van der Waals surface area contributed by atoms with Crippen molar-refractivity contribution in [2.24, 2.45) is 17.2 Å². The second-order valence-corrected chi connectivity index (χ2v) is 6.30. The first-order valence-electron chi connectivity index (χ1n) is 7.13. The number of hydrogen-bond donors (Lipinski definition) is 2. The van der Waals surface area contributed by atoms with Crippen LogP contribution in [0.3, 0.4) is 0 Å². The van der Waals surface area contributed by atoms with Gasteiger partial charge in [0.25, 0.3) is 0 Å². The molecule has 1 aliphatic carbocycles. The van der Waals surface area contributed by atoms with Gasteiger partial charge in [-0.2, -0.15) is 0 Å². The standard InChI is InChI=1S/C16H26N2/c1-16(2)11-7-6-10-14(16)15(18-17)12-13-8-4-3-5-9-13/h3-5,8-9,14-15,18H,6-7,10-12,17H2,1-2H3. The molecular formula is C16H26N2. The van der Waals surface area contributed by atoms with E-state index in [4.69, 9.17) is 5.84 Å². The molecule has 0 heterocycles. The van der Waals surface area contributed by atoms with Crippen LogP contribution in [-0.4, -0.2) is 6.04 Å². The average Bonchev–Trinajstić information content (AvgIpc) is 2.37. The van der Waals surface area contributed by atoms with Gasteiger partial charge in [0.05, 0.1) is 0 Å². The van der Waals surface area contributed by atoms with Crippen LogP contribution < -0.4 is 11.3 Å². The fourth-order valence-electron chi connectivity index (χ4n) is 3.45. The molecule has 0 amide bonds. The molecular weight excluding hydrogens is 220 g/mol. The van der Waals surface area contributed by atoms with Crippen LogP contribution in [0.1, 0.15) is 45.1 Å². The van der Waals surface area contributed by atoms with Crippen LogP contribution in [0, 0.1) is 11.3 Å². The van der Waals surface area contributed by atoms with Gasteiger partial charge in [-0.1, -0.05) is 57.0 Å². The number of hydrazine groups is 1. The summed E-state index contributed by atoms with van der Waals surface area (Å²) in [6.45, 7) is 4.79. The Balaban J connectivity index is 2.08. The monoisotopic (exact) mass is 246 g/mol. The molecule has 1 aromatic carbocycles. The van der Waals surface area contributed by atoms with Crippen LogP contribution in [0.5, 0.6) is 0 Å². The summed E-state index contributed by atoms with van der Waals surface area (Å²) in [4.78, 5) is 0. The summed E-state index contributed by atoms with van der Waals surface area (Å²) in [7, 11) is 0. The van der Waals surface area contributed by atoms with Crippen molar-refractivity contribution in [2.75, 3.05) is 0 Å². The predicted molar refractivity (Wildman–Crippen MR) is 77.0 cm³/mol. The van der Waals surface area contributed by atoms with Crippen LogP contribution in [0.25, 0.3) is 0 Å². The molecule has 18 heavy (non-hydrogen) atoms. The number of nitrogens with two attached hydrogens (primary N) is 1. The number of benzene rings is 1. The van der Waals surface area contributed by atoms with E-state index in [1.54, 1.807) is 0 Å². The van der Waals surface area contributed by atoms with E-state index in [0.29, 0.717) is 17.4 Å². The quantitative estimate of drug-likeness (QED) is 0.632. The van der Waals surface area contributed by atoms with Gasteiger partial charge in [-0.25, -0.2) is 0 Å². The van der Waals surface area contributed by atoms with Gasteiger partial charge in [-0.05, 0) is 36.2 Å². The van der Waals surface area contributed by atoms with Crippen molar-refractivity contribution in [1.82, 2.24) is 5.43 Å². The zero-order valence-electron chi connectivity index (χ0n) is 11.7. The lowest BCUT2D eigenvalue weighted by Crippen LogP contribution is -2.48. The first-order valence-corrected chi connectivity index (χ1v) is 7.13. The first kappa shape index (κ1) is 13.6. The highest BCUT2D eigenvalue weighted by Crippen LogP contribution is 2.42. The van der Waals surface area contributed by atoms with Crippen LogP contribution in [0.2, 0.25) is 0 Å². The van der Waals surface area contributed by atoms with E-state index in [1.165, 1.54) is 31.2 Å². The molecule has 2 rings (SSSR count). The lowest BCUT2D eigenvalue weighted by Gasteiger charge is -2.43. The van der Waals surface area contributed by atoms with Crippen molar-refractivity contribution in [2.45, 2.75) is 52.0 Å². The third-order valence-electron chi connectivity index (χ3n) is 4.59. The molecule has 0 saturated heterocycles. The van der Waals surface area contributed by atoms with Crippen LogP contribution >= 0.6 is 0 Å². The molecule has 1 aliphatic rings. The zero-order valence-corrected chi connectivity index (χ0v) is 11.7. The smallest absolute Gasteiger partial charge is 0.0284 e. The molecule has 1 fully saturated rings. The molecule has 0 bridgehead atoms. The average molecular weight is 246 g/mol. The summed E-state index contributed by atoms with van der Waals surface area (Å²) >= 11 is 0. The molecule has 1 aromatic rings. The van der Waals surface area contributed by atoms with Gasteiger partial charge in [0, 0.05) is 6.04 Å². The van der Waals surface area contributed by atoms with E-state index in [-0.39, 0.29) is 0 Å². The molecule has 2 nitrogen and oxygen atoms in total. The van der Waals surface area contributed by atoms with Gasteiger partial charge in [0.15, 0.2) is 0 Å². The Bertz CT molecular complexity index is 359. The Morgan fingerprint density at radius 3 is 2.61 bits per heavy atom. The minimum atomic E-state index is 0.391. The molecule has 2 heteroatoms. The van der Waals surface area contributed by atoms with Crippen LogP contribution in [-0.2, 0) is 6.42 Å². The van der Waals surface area contributed by atoms with E-state index in [0.717, 1.165) is 6.42 Å². The fraction of sp³-hybridized carbons (Fsp3) is 0.625. The maximum Gasteiger partial charge on any atom is 0.0284 e. The minimum Gasteiger partial charge on any atom is -0.271 e. The van der Waals surface area contributed by atoms with Crippen molar-refractivity contribution >= 4 is 0 Å². The molecule has 100 valence electrons. The number of hydrogen-bond acceptors (Lipinski definition) is 2. The topological polar surface area (TPSA) is 38.0 Å². The summed E-state index contributed by atoms with van der Waals surface area (Å²) < 4.78 is 0. The SMILES string of the molecule is CC1(C)CCCCC1C(Cc1ccccc1)NN. The second kappa shape index (κ2) is 5.85. The van der Waals surface area contributed by atoms with Crippen molar-refractivity contribution in [1.29, 1.82) is 0 Å². The van der Waals surface area contributed by atoms with E-state index in [2.05, 4.69) is 49.6 Å². The summed E-state index contributed by atoms with van der Waals surface area (Å²) in [5.41, 5.74) is 4.86. The molecule has 0 aromatic heterocycles. The van der Waals surface area contributed by atoms with Gasteiger partial charge >= 0.3 is 0 Å². The van der Waals surface area contributed by atoms with E-state index < -0.39 is 0 Å². The summed E-state index contributed by atoms with van der Waals surface area (Å²) in [6.07, 6.45) is 6.37. The van der Waals surface area contributed by atoms with Crippen molar-refractivity contribution < 1.29 is 0 Å². The molecule has 2 unspecified atom stereocenters. The van der Waals surface area contributed by atoms with Crippen molar-refractivity contribution in [3.63, 3.8) is 0 Å². The third kappa shape index (κ3) is 3.12. The minimum absolute atomic E-state index is 0.391. The maximum atomic E-state index is 5.82. The summed E-state index contributed by atoms with van der Waals surface area (Å²) in [5.74, 6) is 6.50. The Morgan fingerprint density at radius 1 is 1.28 bits per heavy atom. The Kier molecular flexibility index (Phi) is 4.41. The highest BCUT2D eigenvalue weighted by Gasteiger charge is 2.36. The van der Waals surface area contributed by atoms with Gasteiger partial charge in [-0.3, -0.25) is 11.3 Å². The molecule has 0 radical (unpaired) electrons. The second-order valence-electron chi connectivity index (χ2n) is 6.30. The predicted octanol–water partition coefficient (Wildman–Crippen LogP) is 3.28. The van der Waals surface area contributed by atoms with E-state index in [1.807, 2.05) is 0 Å². The largest absolute Gasteiger partial charge is 0.271 e. The highest BCUT2D eigenvalue weighted by atomic mass is 15.2. The van der Waals surface area contributed by atoms with Gasteiger partial charge in [0.1, 0.15) is 0 Å². The number of nitrogens with one attached hydrogen (secondary N) is 1. The molecule has 0 aliphatic heterocycles. The van der Waals surface area contributed by atoms with Crippen LogP contribution in [0.15, 0.2) is 30.3 Å². The van der Waals surface area contributed by atoms with Gasteiger partial charge < -0.3 is 0 Å². The van der Waals surface area contributed by atoms with Crippen LogP contribution in [0.4, 0.5) is 0 Å². The van der Waals surface area contributed by atoms with E-state index in [9.17, 15) is 0 Å². The highest BCUT2D eigenvalue weighted by molar-refractivity contribution is 5.16. The third-order valence-corrected chi connectivity index (χ3v) is 4.59. The first-order chi connectivity index (χ1) is 8.63. The lowest BCUT2D eigenvalue weighted by atomic mass is 9.65. The Morgan fingerprint density at radius 2 is 2.00 bits per heavy atom. The normalized spacial score (nSPS) is 24.7. The Hall–Kier alpha value is -0.860. The molecule has 0 spiro atoms. The molecule has 1 saturated carbocycles. The number of rotatable bonds is 4. The van der Waals surface area contributed by atoms with Crippen molar-refractivity contribution in [3.8, 4) is 0 Å². The molecule has 2 atom stereocenters. The van der Waals surface area contributed by atoms with Crippen molar-refractivity contribution in [3.05, 3.63) is 35.9 Å². The summed E-state index contributed by atoms with van der Waals surface area (Å²) in [6, 6.07) is 11.1. The maximum absolute atomic E-state index is 5.82. The Labute approximate surface area is 111 Å². The zero-order chi connectivity index (χ0) is 13.0. The molecule has 3 N–H and O–H groups in total. The van der Waals surface area contributed by atoms with Gasteiger partial charge in [0.2, 0.25) is 0 Å². The lowest BCUT2D eigenvalue weighted by molar-refractivity contribution is 0.0982.